The molecule has 0 aromatic carbocycles. The molecule has 0 aliphatic heterocycles. The van der Waals surface area contributed by atoms with Crippen LogP contribution in [0.1, 0.15) is 13.8 Å². The number of hydrogen-bond acceptors (Lipinski definition) is 6. The van der Waals surface area contributed by atoms with E-state index in [2.05, 4.69) is 4.98 Å². The minimum absolute atomic E-state index is 0.105. The van der Waals surface area contributed by atoms with Crippen molar-refractivity contribution in [2.75, 3.05) is 13.6 Å². The lowest BCUT2D eigenvalue weighted by molar-refractivity contribution is -0.389. The first-order chi connectivity index (χ1) is 8.54. The van der Waals surface area contributed by atoms with E-state index in [-0.39, 0.29) is 11.4 Å². The fourth-order valence-electron chi connectivity index (χ4n) is 1.44. The molecule has 9 heteroatoms. The summed E-state index contributed by atoms with van der Waals surface area (Å²) in [4.78, 5) is 13.0. The summed E-state index contributed by atoms with van der Waals surface area (Å²) in [6.45, 7) is 2.85. The molecule has 1 N–H and O–H groups in total. The van der Waals surface area contributed by atoms with Crippen molar-refractivity contribution in [1.29, 1.82) is 0 Å². The van der Waals surface area contributed by atoms with Crippen molar-refractivity contribution in [3.05, 3.63) is 28.4 Å². The van der Waals surface area contributed by atoms with Gasteiger partial charge in [-0.1, -0.05) is 0 Å². The van der Waals surface area contributed by atoms with Gasteiger partial charge >= 0.3 is 5.82 Å². The van der Waals surface area contributed by atoms with E-state index in [1.165, 1.54) is 20.9 Å². The van der Waals surface area contributed by atoms with E-state index < -0.39 is 26.4 Å². The minimum atomic E-state index is -3.83. The van der Waals surface area contributed by atoms with Gasteiger partial charge in [0.05, 0.1) is 5.60 Å². The normalized spacial score (nSPS) is 12.7. The molecule has 0 radical (unpaired) electrons. The maximum Gasteiger partial charge on any atom is 0.363 e. The van der Waals surface area contributed by atoms with Gasteiger partial charge in [0.2, 0.25) is 10.0 Å². The largest absolute Gasteiger partial charge is 0.389 e. The average molecular weight is 289 g/mol. The lowest BCUT2D eigenvalue weighted by atomic mass is 10.1. The van der Waals surface area contributed by atoms with Gasteiger partial charge < -0.3 is 15.2 Å². The topological polar surface area (TPSA) is 114 Å². The molecule has 1 rings (SSSR count). The van der Waals surface area contributed by atoms with Crippen molar-refractivity contribution in [2.45, 2.75) is 24.3 Å². The molecule has 8 nitrogen and oxygen atoms in total. The second-order valence-corrected chi connectivity index (χ2v) is 6.73. The SMILES string of the molecule is CN(CC(C)(C)O)S(=O)(=O)c1ccc([N+](=O)[O-])nc1. The number of nitro groups is 1. The van der Waals surface area contributed by atoms with Crippen LogP contribution in [0.5, 0.6) is 0 Å². The molecule has 0 saturated heterocycles. The van der Waals surface area contributed by atoms with Crippen LogP contribution in [-0.4, -0.2) is 46.9 Å². The molecule has 19 heavy (non-hydrogen) atoms. The van der Waals surface area contributed by atoms with E-state index in [9.17, 15) is 23.6 Å². The van der Waals surface area contributed by atoms with Crippen LogP contribution in [0.2, 0.25) is 0 Å². The lowest BCUT2D eigenvalue weighted by Gasteiger charge is -2.24. The number of pyridine rings is 1. The Bertz CT molecular complexity index is 562. The summed E-state index contributed by atoms with van der Waals surface area (Å²) in [5.74, 6) is -0.427. The first-order valence-electron chi connectivity index (χ1n) is 5.33. The van der Waals surface area contributed by atoms with Crippen LogP contribution in [0.4, 0.5) is 5.82 Å². The number of nitrogens with zero attached hydrogens (tertiary/aromatic N) is 3. The highest BCUT2D eigenvalue weighted by Crippen LogP contribution is 2.17. The third kappa shape index (κ3) is 3.94. The Kier molecular flexibility index (Phi) is 4.23. The maximum absolute atomic E-state index is 12.1. The highest BCUT2D eigenvalue weighted by atomic mass is 32.2. The summed E-state index contributed by atoms with van der Waals surface area (Å²) < 4.78 is 25.2. The van der Waals surface area contributed by atoms with Gasteiger partial charge in [-0.25, -0.2) is 8.42 Å². The summed E-state index contributed by atoms with van der Waals surface area (Å²) in [5, 5.41) is 20.0. The standard InChI is InChI=1S/C10H15N3O5S/c1-10(2,14)7-12(3)19(17,18)8-4-5-9(11-6-8)13(15)16/h4-6,14H,7H2,1-3H3. The molecule has 0 spiro atoms. The van der Waals surface area contributed by atoms with Crippen LogP contribution in [0.3, 0.4) is 0 Å². The second kappa shape index (κ2) is 5.19. The van der Waals surface area contributed by atoms with Crippen molar-refractivity contribution >= 4 is 15.8 Å². The van der Waals surface area contributed by atoms with Gasteiger partial charge in [0, 0.05) is 19.7 Å². The molecule has 106 valence electrons. The van der Waals surface area contributed by atoms with Gasteiger partial charge in [-0.15, -0.1) is 0 Å². The smallest absolute Gasteiger partial charge is 0.363 e. The van der Waals surface area contributed by atoms with Gasteiger partial charge in [0.25, 0.3) is 0 Å². The highest BCUT2D eigenvalue weighted by molar-refractivity contribution is 7.89. The van der Waals surface area contributed by atoms with Crippen LogP contribution in [0.15, 0.2) is 23.2 Å². The van der Waals surface area contributed by atoms with Gasteiger partial charge in [-0.3, -0.25) is 0 Å². The molecule has 0 saturated carbocycles. The maximum atomic E-state index is 12.1. The molecule has 0 bridgehead atoms. The first-order valence-corrected chi connectivity index (χ1v) is 6.77. The molecule has 0 atom stereocenters. The molecular weight excluding hydrogens is 274 g/mol. The van der Waals surface area contributed by atoms with Crippen LogP contribution >= 0.6 is 0 Å². The van der Waals surface area contributed by atoms with E-state index in [1.54, 1.807) is 0 Å². The minimum Gasteiger partial charge on any atom is -0.389 e. The van der Waals surface area contributed by atoms with E-state index in [4.69, 9.17) is 0 Å². The fourth-order valence-corrected chi connectivity index (χ4v) is 2.71. The molecule has 0 unspecified atom stereocenters. The fraction of sp³-hybridized carbons (Fsp3) is 0.500. The van der Waals surface area contributed by atoms with Crippen molar-refractivity contribution in [3.63, 3.8) is 0 Å². The number of aromatic nitrogens is 1. The molecular formula is C10H15N3O5S. The molecule has 1 aromatic heterocycles. The van der Waals surface area contributed by atoms with E-state index in [0.717, 1.165) is 22.6 Å². The molecule has 0 aliphatic rings. The van der Waals surface area contributed by atoms with Crippen molar-refractivity contribution in [1.82, 2.24) is 9.29 Å². The zero-order chi connectivity index (χ0) is 14.8. The van der Waals surface area contributed by atoms with E-state index in [0.29, 0.717) is 0 Å². The number of hydrogen-bond donors (Lipinski definition) is 1. The summed E-state index contributed by atoms with van der Waals surface area (Å²) in [6.07, 6.45) is 0.925. The van der Waals surface area contributed by atoms with Crippen LogP contribution in [0.25, 0.3) is 0 Å². The monoisotopic (exact) mass is 289 g/mol. The van der Waals surface area contributed by atoms with Gasteiger partial charge in [0.1, 0.15) is 4.90 Å². The average Bonchev–Trinajstić information content (AvgIpc) is 2.26. The zero-order valence-electron chi connectivity index (χ0n) is 10.8. The second-order valence-electron chi connectivity index (χ2n) is 4.68. The van der Waals surface area contributed by atoms with Gasteiger partial charge in [-0.05, 0) is 29.8 Å². The predicted molar refractivity (Wildman–Crippen MR) is 67.0 cm³/mol. The lowest BCUT2D eigenvalue weighted by Crippen LogP contribution is -2.39. The summed E-state index contributed by atoms with van der Waals surface area (Å²) in [5.41, 5.74) is -1.18. The Morgan fingerprint density at radius 3 is 2.42 bits per heavy atom. The summed E-state index contributed by atoms with van der Waals surface area (Å²) >= 11 is 0. The Balaban J connectivity index is 3.03. The predicted octanol–water partition coefficient (Wildman–Crippen LogP) is 0.381. The molecule has 1 aromatic rings. The third-order valence-corrected chi connectivity index (χ3v) is 4.01. The van der Waals surface area contributed by atoms with Gasteiger partial charge in [0.15, 0.2) is 6.20 Å². The summed E-state index contributed by atoms with van der Waals surface area (Å²) in [7, 11) is -2.51. The Labute approximate surface area is 110 Å². The van der Waals surface area contributed by atoms with Crippen molar-refractivity contribution < 1.29 is 18.4 Å². The number of aliphatic hydroxyl groups is 1. The Morgan fingerprint density at radius 2 is 2.05 bits per heavy atom. The van der Waals surface area contributed by atoms with Crippen LogP contribution in [0, 0.1) is 10.1 Å². The van der Waals surface area contributed by atoms with Crippen LogP contribution < -0.4 is 0 Å². The molecule has 1 heterocycles. The molecule has 0 amide bonds. The Morgan fingerprint density at radius 1 is 1.47 bits per heavy atom. The first kappa shape index (κ1) is 15.5. The zero-order valence-corrected chi connectivity index (χ0v) is 11.6. The Hall–Kier alpha value is -1.58. The highest BCUT2D eigenvalue weighted by Gasteiger charge is 2.27. The molecule has 0 aliphatic carbocycles. The number of sulfonamides is 1. The van der Waals surface area contributed by atoms with Gasteiger partial charge in [-0.2, -0.15) is 4.31 Å². The molecule has 0 fully saturated rings. The third-order valence-electron chi connectivity index (χ3n) is 2.23. The van der Waals surface area contributed by atoms with E-state index >= 15 is 0 Å². The van der Waals surface area contributed by atoms with Crippen molar-refractivity contribution in [2.24, 2.45) is 0 Å². The summed E-state index contributed by atoms with van der Waals surface area (Å²) in [6, 6.07) is 2.13. The number of rotatable bonds is 5. The van der Waals surface area contributed by atoms with E-state index in [1.807, 2.05) is 0 Å². The van der Waals surface area contributed by atoms with Crippen molar-refractivity contribution in [3.8, 4) is 0 Å². The van der Waals surface area contributed by atoms with Crippen LogP contribution in [-0.2, 0) is 10.0 Å². The quantitative estimate of drug-likeness (QED) is 0.619. The number of likely N-dealkylation sites (N-methyl/N-ethyl adjacent to an activating group) is 1.